The van der Waals surface area contributed by atoms with Crippen molar-refractivity contribution in [3.63, 3.8) is 0 Å². The lowest BCUT2D eigenvalue weighted by molar-refractivity contribution is 0.103. The summed E-state index contributed by atoms with van der Waals surface area (Å²) in [6.07, 6.45) is 0.877. The number of halogens is 1. The van der Waals surface area contributed by atoms with E-state index in [1.807, 2.05) is 0 Å². The number of nitrogens with zero attached hydrogens (tertiary/aromatic N) is 3. The Labute approximate surface area is 154 Å². The summed E-state index contributed by atoms with van der Waals surface area (Å²) in [4.78, 5) is 33.1. The van der Waals surface area contributed by atoms with Crippen molar-refractivity contribution in [1.82, 2.24) is 14.9 Å². The van der Waals surface area contributed by atoms with Gasteiger partial charge < -0.3 is 25.8 Å². The number of hydrogen-bond acceptors (Lipinski definition) is 7. The number of likely N-dealkylation sites (tertiary alicyclic amines) is 1. The van der Waals surface area contributed by atoms with Gasteiger partial charge in [0.15, 0.2) is 0 Å². The van der Waals surface area contributed by atoms with E-state index in [0.717, 1.165) is 6.07 Å². The molecule has 2 heterocycles. The number of ketones is 1. The molecule has 0 saturated carbocycles. The maximum Gasteiger partial charge on any atom is 0.407 e. The van der Waals surface area contributed by atoms with E-state index >= 15 is 0 Å². The van der Waals surface area contributed by atoms with Gasteiger partial charge in [-0.25, -0.2) is 14.2 Å². The van der Waals surface area contributed by atoms with E-state index in [2.05, 4.69) is 15.3 Å². The first kappa shape index (κ1) is 18.4. The average Bonchev–Trinajstić information content (AvgIpc) is 3.10. The molecule has 0 spiro atoms. The highest BCUT2D eigenvalue weighted by atomic mass is 19.1. The lowest BCUT2D eigenvalue weighted by Crippen LogP contribution is -2.30. The van der Waals surface area contributed by atoms with Crippen LogP contribution in [-0.4, -0.2) is 58.1 Å². The third-order valence-electron chi connectivity index (χ3n) is 4.26. The summed E-state index contributed by atoms with van der Waals surface area (Å²) in [5, 5.41) is 12.0. The van der Waals surface area contributed by atoms with E-state index in [9.17, 15) is 14.0 Å². The van der Waals surface area contributed by atoms with Crippen LogP contribution in [0.5, 0.6) is 5.75 Å². The summed E-state index contributed by atoms with van der Waals surface area (Å²) in [5.41, 5.74) is 5.92. The zero-order valence-corrected chi connectivity index (χ0v) is 14.5. The molecule has 0 aliphatic carbocycles. The first-order valence-electron chi connectivity index (χ1n) is 8.14. The van der Waals surface area contributed by atoms with Gasteiger partial charge in [0.2, 0.25) is 11.7 Å². The van der Waals surface area contributed by atoms with Crippen LogP contribution in [0.3, 0.4) is 0 Å². The van der Waals surface area contributed by atoms with Gasteiger partial charge in [-0.05, 0) is 24.6 Å². The van der Waals surface area contributed by atoms with Crippen LogP contribution < -0.4 is 15.8 Å². The molecule has 0 radical (unpaired) electrons. The number of benzene rings is 1. The monoisotopic (exact) mass is 375 g/mol. The number of anilines is 2. The second-order valence-electron chi connectivity index (χ2n) is 6.02. The van der Waals surface area contributed by atoms with Gasteiger partial charge in [0.1, 0.15) is 17.4 Å². The molecule has 9 nitrogen and oxygen atoms in total. The van der Waals surface area contributed by atoms with Crippen molar-refractivity contribution in [3.8, 4) is 5.75 Å². The molecule has 1 atom stereocenters. The van der Waals surface area contributed by atoms with E-state index < -0.39 is 17.7 Å². The Bertz CT molecular complexity index is 892. The highest BCUT2D eigenvalue weighted by Crippen LogP contribution is 2.25. The largest absolute Gasteiger partial charge is 0.496 e. The first-order valence-corrected chi connectivity index (χ1v) is 8.14. The second-order valence-corrected chi connectivity index (χ2v) is 6.02. The third-order valence-corrected chi connectivity index (χ3v) is 4.26. The van der Waals surface area contributed by atoms with Crippen molar-refractivity contribution in [2.75, 3.05) is 31.2 Å². The summed E-state index contributed by atoms with van der Waals surface area (Å²) >= 11 is 0. The van der Waals surface area contributed by atoms with Crippen LogP contribution in [0.15, 0.2) is 24.4 Å². The van der Waals surface area contributed by atoms with Gasteiger partial charge in [-0.1, -0.05) is 0 Å². The van der Waals surface area contributed by atoms with Crippen LogP contribution in [0, 0.1) is 5.82 Å². The van der Waals surface area contributed by atoms with Crippen LogP contribution in [0.4, 0.5) is 21.0 Å². The van der Waals surface area contributed by atoms with Crippen molar-refractivity contribution in [2.45, 2.75) is 12.5 Å². The summed E-state index contributed by atoms with van der Waals surface area (Å²) in [7, 11) is 1.37. The zero-order chi connectivity index (χ0) is 19.6. The Morgan fingerprint density at radius 3 is 2.81 bits per heavy atom. The Morgan fingerprint density at radius 1 is 1.41 bits per heavy atom. The van der Waals surface area contributed by atoms with Crippen LogP contribution in [0.2, 0.25) is 0 Å². The third kappa shape index (κ3) is 3.89. The quantitative estimate of drug-likeness (QED) is 0.672. The molecular weight excluding hydrogens is 357 g/mol. The predicted molar refractivity (Wildman–Crippen MR) is 94.5 cm³/mol. The minimum atomic E-state index is -0.982. The molecule has 1 aliphatic heterocycles. The van der Waals surface area contributed by atoms with Crippen LogP contribution in [0.1, 0.15) is 22.3 Å². The highest BCUT2D eigenvalue weighted by Gasteiger charge is 2.27. The number of nitrogens with two attached hydrogens (primary N) is 1. The van der Waals surface area contributed by atoms with E-state index in [1.165, 1.54) is 30.3 Å². The van der Waals surface area contributed by atoms with E-state index in [-0.39, 0.29) is 34.7 Å². The van der Waals surface area contributed by atoms with Crippen molar-refractivity contribution in [2.24, 2.45) is 0 Å². The Kier molecular flexibility index (Phi) is 5.06. The molecular formula is C17H18FN5O4. The normalized spacial score (nSPS) is 16.2. The van der Waals surface area contributed by atoms with Gasteiger partial charge in [-0.2, -0.15) is 4.98 Å². The number of carbonyl (C=O) groups is 2. The van der Waals surface area contributed by atoms with Gasteiger partial charge in [-0.15, -0.1) is 0 Å². The number of rotatable bonds is 5. The molecule has 1 aromatic carbocycles. The number of nitrogens with one attached hydrogen (secondary N) is 1. The summed E-state index contributed by atoms with van der Waals surface area (Å²) in [6, 6.07) is 3.45. The Balaban J connectivity index is 1.78. The molecule has 1 aliphatic rings. The molecule has 3 rings (SSSR count). The molecule has 1 fully saturated rings. The van der Waals surface area contributed by atoms with Gasteiger partial charge >= 0.3 is 6.09 Å². The van der Waals surface area contributed by atoms with E-state index in [1.54, 1.807) is 0 Å². The lowest BCUT2D eigenvalue weighted by Gasteiger charge is -2.14. The minimum Gasteiger partial charge on any atom is -0.496 e. The first-order chi connectivity index (χ1) is 12.9. The second kappa shape index (κ2) is 7.44. The molecule has 1 aromatic heterocycles. The predicted octanol–water partition coefficient (Wildman–Crippen LogP) is 1.60. The van der Waals surface area contributed by atoms with Crippen molar-refractivity contribution in [3.05, 3.63) is 41.3 Å². The zero-order valence-electron chi connectivity index (χ0n) is 14.5. The van der Waals surface area contributed by atoms with Gasteiger partial charge in [0.05, 0.1) is 18.2 Å². The number of amides is 1. The van der Waals surface area contributed by atoms with Crippen molar-refractivity contribution < 1.29 is 23.8 Å². The highest BCUT2D eigenvalue weighted by molar-refractivity contribution is 6.13. The summed E-state index contributed by atoms with van der Waals surface area (Å²) < 4.78 is 18.6. The van der Waals surface area contributed by atoms with E-state index in [0.29, 0.717) is 19.5 Å². The maximum atomic E-state index is 13.5. The number of carboxylic acid groups (broad SMARTS) is 1. The van der Waals surface area contributed by atoms with Crippen molar-refractivity contribution in [1.29, 1.82) is 0 Å². The lowest BCUT2D eigenvalue weighted by atomic mass is 10.0. The number of nitrogen functional groups attached to an aromatic ring is 1. The van der Waals surface area contributed by atoms with Gasteiger partial charge in [-0.3, -0.25) is 4.79 Å². The van der Waals surface area contributed by atoms with Crippen molar-refractivity contribution >= 4 is 23.6 Å². The molecule has 142 valence electrons. The Hall–Kier alpha value is -3.43. The molecule has 2 aromatic rings. The molecule has 1 amide bonds. The Morgan fingerprint density at radius 2 is 2.19 bits per heavy atom. The topological polar surface area (TPSA) is 131 Å². The average molecular weight is 375 g/mol. The molecule has 0 unspecified atom stereocenters. The van der Waals surface area contributed by atoms with Crippen LogP contribution >= 0.6 is 0 Å². The molecule has 0 bridgehead atoms. The number of carbonyl (C=O) groups excluding carboxylic acids is 1. The fraction of sp³-hybridized carbons (Fsp3) is 0.294. The fourth-order valence-corrected chi connectivity index (χ4v) is 2.88. The smallest absolute Gasteiger partial charge is 0.407 e. The molecule has 10 heteroatoms. The molecule has 1 saturated heterocycles. The number of methoxy groups -OCH3 is 1. The van der Waals surface area contributed by atoms with E-state index in [4.69, 9.17) is 15.6 Å². The number of aromatic nitrogens is 2. The maximum absolute atomic E-state index is 13.5. The van der Waals surface area contributed by atoms with Crippen LogP contribution in [0.25, 0.3) is 0 Å². The fourth-order valence-electron chi connectivity index (χ4n) is 2.88. The summed E-state index contributed by atoms with van der Waals surface area (Å²) in [6.45, 7) is 0.720. The number of hydrogen-bond donors (Lipinski definition) is 3. The van der Waals surface area contributed by atoms with Gasteiger partial charge in [0.25, 0.3) is 0 Å². The minimum absolute atomic E-state index is 0.0152. The van der Waals surface area contributed by atoms with Gasteiger partial charge in [0, 0.05) is 25.3 Å². The van der Waals surface area contributed by atoms with Crippen LogP contribution in [-0.2, 0) is 0 Å². The molecule has 4 N–H and O–H groups in total. The molecule has 27 heavy (non-hydrogen) atoms. The summed E-state index contributed by atoms with van der Waals surface area (Å²) in [5.74, 6) is -0.818. The standard InChI is InChI=1S/C17H18FN5O4/c1-27-13-3-2-9(18)6-11(13)14(24)12-7-20-16(22-15(12)19)21-10-4-5-23(8-10)17(25)26/h2-3,6-7,10H,4-5,8H2,1H3,(H,25,26)(H3,19,20,21,22)/t10-/m1/s1. The SMILES string of the molecule is COc1ccc(F)cc1C(=O)c1cnc(N[C@@H]2CCN(C(=O)O)C2)nc1N. The number of ether oxygens (including phenoxy) is 1.